The number of carbonyl (C=O) groups excluding carboxylic acids is 1. The minimum absolute atomic E-state index is 0.0988. The van der Waals surface area contributed by atoms with Crippen LogP contribution in [0.25, 0.3) is 0 Å². The lowest BCUT2D eigenvalue weighted by molar-refractivity contribution is 0.103. The monoisotopic (exact) mass is 354 g/mol. The molecule has 0 spiro atoms. The lowest BCUT2D eigenvalue weighted by atomic mass is 9.99. The highest BCUT2D eigenvalue weighted by atomic mass is 79.9. The zero-order chi connectivity index (χ0) is 14.3. The lowest BCUT2D eigenvalue weighted by Gasteiger charge is -2.09. The van der Waals surface area contributed by atoms with Crippen LogP contribution in [0, 0.1) is 5.82 Å². The second kappa shape index (κ2) is 5.19. The van der Waals surface area contributed by atoms with Crippen LogP contribution in [0.2, 0.25) is 5.02 Å². The molecule has 2 aromatic rings. The number of ether oxygens (including phenoxy) is 1. The van der Waals surface area contributed by atoms with Gasteiger partial charge in [-0.25, -0.2) is 4.39 Å². The third kappa shape index (κ3) is 2.34. The minimum atomic E-state index is -0.470. The van der Waals surface area contributed by atoms with Crippen molar-refractivity contribution in [2.75, 3.05) is 6.61 Å². The molecular weight excluding hydrogens is 347 g/mol. The maximum Gasteiger partial charge on any atom is 0.198 e. The quantitative estimate of drug-likeness (QED) is 0.746. The van der Waals surface area contributed by atoms with Crippen molar-refractivity contribution in [3.63, 3.8) is 0 Å². The predicted molar refractivity (Wildman–Crippen MR) is 78.2 cm³/mol. The molecule has 5 heteroatoms. The molecule has 1 heterocycles. The third-order valence-corrected chi connectivity index (χ3v) is 3.94. The van der Waals surface area contributed by atoms with E-state index in [1.54, 1.807) is 6.07 Å². The maximum absolute atomic E-state index is 13.1. The van der Waals surface area contributed by atoms with Gasteiger partial charge in [0.25, 0.3) is 0 Å². The fourth-order valence-corrected chi connectivity index (χ4v) is 3.01. The summed E-state index contributed by atoms with van der Waals surface area (Å²) in [6.45, 7) is 0.559. The van der Waals surface area contributed by atoms with Gasteiger partial charge >= 0.3 is 0 Å². The van der Waals surface area contributed by atoms with Crippen molar-refractivity contribution in [2.45, 2.75) is 6.42 Å². The third-order valence-electron chi connectivity index (χ3n) is 3.17. The highest BCUT2D eigenvalue weighted by molar-refractivity contribution is 9.10. The summed E-state index contributed by atoms with van der Waals surface area (Å²) in [4.78, 5) is 12.6. The van der Waals surface area contributed by atoms with Crippen molar-refractivity contribution in [3.8, 4) is 5.75 Å². The molecule has 0 N–H and O–H groups in total. The van der Waals surface area contributed by atoms with Crippen molar-refractivity contribution < 1.29 is 13.9 Å². The van der Waals surface area contributed by atoms with Crippen molar-refractivity contribution in [1.82, 2.24) is 0 Å². The predicted octanol–water partition coefficient (Wildman–Crippen LogP) is 4.41. The first-order valence-corrected chi connectivity index (χ1v) is 7.18. The highest BCUT2D eigenvalue weighted by Gasteiger charge is 2.24. The average molecular weight is 356 g/mol. The Morgan fingerprint density at radius 1 is 1.25 bits per heavy atom. The first-order chi connectivity index (χ1) is 9.56. The Morgan fingerprint density at radius 2 is 2.05 bits per heavy atom. The molecule has 0 atom stereocenters. The SMILES string of the molecule is O=C(c1ccc(F)cc1Cl)c1cc(Br)cc2c1OCC2. The number of ketones is 1. The van der Waals surface area contributed by atoms with Gasteiger partial charge in [0.2, 0.25) is 0 Å². The van der Waals surface area contributed by atoms with E-state index in [-0.39, 0.29) is 16.4 Å². The molecule has 0 aromatic heterocycles. The Hall–Kier alpha value is -1.39. The zero-order valence-electron chi connectivity index (χ0n) is 10.3. The van der Waals surface area contributed by atoms with Gasteiger partial charge in [0.1, 0.15) is 11.6 Å². The van der Waals surface area contributed by atoms with Gasteiger partial charge in [-0.3, -0.25) is 4.79 Å². The van der Waals surface area contributed by atoms with Gasteiger partial charge in [-0.05, 0) is 35.9 Å². The van der Waals surface area contributed by atoms with Crippen LogP contribution in [0.4, 0.5) is 4.39 Å². The largest absolute Gasteiger partial charge is 0.492 e. The molecule has 1 aliphatic rings. The van der Waals surface area contributed by atoms with Crippen molar-refractivity contribution in [2.24, 2.45) is 0 Å². The molecule has 1 aliphatic heterocycles. The standard InChI is InChI=1S/C15H9BrClFO2/c16-9-5-8-3-4-20-15(8)12(6-9)14(19)11-2-1-10(18)7-13(11)17/h1-2,5-7H,3-4H2. The van der Waals surface area contributed by atoms with Crippen LogP contribution in [0.5, 0.6) is 5.75 Å². The minimum Gasteiger partial charge on any atom is -0.492 e. The van der Waals surface area contributed by atoms with Gasteiger partial charge in [-0.15, -0.1) is 0 Å². The Morgan fingerprint density at radius 3 is 2.80 bits per heavy atom. The van der Waals surface area contributed by atoms with Crippen LogP contribution in [-0.4, -0.2) is 12.4 Å². The van der Waals surface area contributed by atoms with Crippen LogP contribution in [0.15, 0.2) is 34.8 Å². The molecule has 0 fully saturated rings. The first kappa shape index (κ1) is 13.6. The molecule has 0 saturated carbocycles. The average Bonchev–Trinajstić information content (AvgIpc) is 2.85. The molecule has 0 saturated heterocycles. The fourth-order valence-electron chi connectivity index (χ4n) is 2.26. The second-order valence-electron chi connectivity index (χ2n) is 4.49. The highest BCUT2D eigenvalue weighted by Crippen LogP contribution is 2.35. The normalized spacial score (nSPS) is 12.9. The van der Waals surface area contributed by atoms with Crippen LogP contribution >= 0.6 is 27.5 Å². The molecule has 2 aromatic carbocycles. The van der Waals surface area contributed by atoms with E-state index in [0.717, 1.165) is 22.5 Å². The van der Waals surface area contributed by atoms with E-state index < -0.39 is 5.82 Å². The summed E-state index contributed by atoms with van der Waals surface area (Å²) in [5.74, 6) is -0.143. The number of benzene rings is 2. The molecular formula is C15H9BrClFO2. The van der Waals surface area contributed by atoms with Gasteiger partial charge in [0.15, 0.2) is 5.78 Å². The maximum atomic E-state index is 13.1. The van der Waals surface area contributed by atoms with Gasteiger partial charge < -0.3 is 4.74 Å². The van der Waals surface area contributed by atoms with Crippen LogP contribution in [0.3, 0.4) is 0 Å². The molecule has 2 nitrogen and oxygen atoms in total. The molecule has 102 valence electrons. The summed E-state index contributed by atoms with van der Waals surface area (Å²) in [7, 11) is 0. The van der Waals surface area contributed by atoms with Crippen LogP contribution in [0.1, 0.15) is 21.5 Å². The van der Waals surface area contributed by atoms with Crippen molar-refractivity contribution in [1.29, 1.82) is 0 Å². The number of carbonyl (C=O) groups is 1. The zero-order valence-corrected chi connectivity index (χ0v) is 12.6. The topological polar surface area (TPSA) is 26.3 Å². The summed E-state index contributed by atoms with van der Waals surface area (Å²) in [5.41, 5.74) is 1.70. The Kier molecular flexibility index (Phi) is 3.52. The Bertz CT molecular complexity index is 715. The van der Waals surface area contributed by atoms with E-state index >= 15 is 0 Å². The van der Waals surface area contributed by atoms with Crippen LogP contribution in [-0.2, 0) is 6.42 Å². The lowest BCUT2D eigenvalue weighted by Crippen LogP contribution is -2.05. The molecule has 0 aliphatic carbocycles. The molecule has 3 rings (SSSR count). The Balaban J connectivity index is 2.11. The summed E-state index contributed by atoms with van der Waals surface area (Å²) < 4.78 is 19.4. The van der Waals surface area contributed by atoms with Gasteiger partial charge in [0, 0.05) is 16.5 Å². The second-order valence-corrected chi connectivity index (χ2v) is 5.82. The van der Waals surface area contributed by atoms with E-state index in [2.05, 4.69) is 15.9 Å². The number of fused-ring (bicyclic) bond motifs is 1. The number of hydrogen-bond donors (Lipinski definition) is 0. The molecule has 0 bridgehead atoms. The van der Waals surface area contributed by atoms with Gasteiger partial charge in [-0.1, -0.05) is 27.5 Å². The summed E-state index contributed by atoms with van der Waals surface area (Å²) >= 11 is 9.34. The summed E-state index contributed by atoms with van der Waals surface area (Å²) in [6, 6.07) is 7.38. The molecule has 0 unspecified atom stereocenters. The fraction of sp³-hybridized carbons (Fsp3) is 0.133. The van der Waals surface area contributed by atoms with E-state index in [9.17, 15) is 9.18 Å². The van der Waals surface area contributed by atoms with Crippen LogP contribution < -0.4 is 4.74 Å². The van der Waals surface area contributed by atoms with E-state index in [4.69, 9.17) is 16.3 Å². The van der Waals surface area contributed by atoms with Crippen molar-refractivity contribution in [3.05, 3.63) is 62.3 Å². The Labute approximate surface area is 128 Å². The van der Waals surface area contributed by atoms with Gasteiger partial charge in [0.05, 0.1) is 17.2 Å². The number of rotatable bonds is 2. The summed E-state index contributed by atoms with van der Waals surface area (Å²) in [5, 5.41) is 0.0988. The molecule has 0 amide bonds. The van der Waals surface area contributed by atoms with E-state index in [0.29, 0.717) is 17.9 Å². The van der Waals surface area contributed by atoms with E-state index in [1.807, 2.05) is 6.07 Å². The first-order valence-electron chi connectivity index (χ1n) is 6.01. The number of halogens is 3. The molecule has 20 heavy (non-hydrogen) atoms. The van der Waals surface area contributed by atoms with Gasteiger partial charge in [-0.2, -0.15) is 0 Å². The van der Waals surface area contributed by atoms with E-state index in [1.165, 1.54) is 12.1 Å². The molecule has 0 radical (unpaired) electrons. The van der Waals surface area contributed by atoms with Crippen molar-refractivity contribution >= 4 is 33.3 Å². The number of hydrogen-bond acceptors (Lipinski definition) is 2. The smallest absolute Gasteiger partial charge is 0.198 e. The summed E-state index contributed by atoms with van der Waals surface area (Å²) in [6.07, 6.45) is 0.770.